The van der Waals surface area contributed by atoms with Gasteiger partial charge in [0.2, 0.25) is 0 Å². The molecule has 182 valence electrons. The van der Waals surface area contributed by atoms with Crippen LogP contribution in [0.3, 0.4) is 0 Å². The summed E-state index contributed by atoms with van der Waals surface area (Å²) in [4.78, 5) is 47.5. The molecule has 2 unspecified atom stereocenters. The van der Waals surface area contributed by atoms with Crippen LogP contribution in [-0.2, 0) is 38.1 Å². The van der Waals surface area contributed by atoms with Gasteiger partial charge < -0.3 is 33.9 Å². The minimum Gasteiger partial charge on any atom is -0.462 e. The van der Waals surface area contributed by atoms with Crippen LogP contribution >= 0.6 is 0 Å². The van der Waals surface area contributed by atoms with E-state index >= 15 is 0 Å². The second kappa shape index (κ2) is 11.9. The van der Waals surface area contributed by atoms with Crippen LogP contribution in [0.1, 0.15) is 34.1 Å². The topological polar surface area (TPSA) is 155 Å². The molecule has 0 aliphatic carbocycles. The van der Waals surface area contributed by atoms with Gasteiger partial charge in [-0.05, 0) is 12.1 Å². The van der Waals surface area contributed by atoms with E-state index in [-0.39, 0.29) is 11.1 Å². The lowest BCUT2D eigenvalue weighted by atomic mass is 9.92. The molecule has 2 N–H and O–H groups in total. The molecule has 0 fully saturated rings. The van der Waals surface area contributed by atoms with Gasteiger partial charge in [-0.1, -0.05) is 25.8 Å². The molecule has 0 radical (unpaired) electrons. The Kier molecular flexibility index (Phi) is 9.25. The summed E-state index contributed by atoms with van der Waals surface area (Å²) in [5, 5.41) is 19.6. The minimum absolute atomic E-state index is 0.0126. The molecule has 2 rings (SSSR count). The van der Waals surface area contributed by atoms with Gasteiger partial charge in [0.05, 0.1) is 5.56 Å². The number of carbonyl (C=O) groups excluding carboxylic acids is 4. The molecule has 1 aliphatic rings. The van der Waals surface area contributed by atoms with E-state index in [1.807, 2.05) is 0 Å². The zero-order chi connectivity index (χ0) is 25.3. The molecule has 1 aromatic carbocycles. The second-order valence-electron chi connectivity index (χ2n) is 7.20. The van der Waals surface area contributed by atoms with Crippen molar-refractivity contribution in [1.29, 1.82) is 0 Å². The summed E-state index contributed by atoms with van der Waals surface area (Å²) in [6.45, 7) is 7.94. The van der Waals surface area contributed by atoms with Crippen LogP contribution < -0.4 is 0 Å². The quantitative estimate of drug-likeness (QED) is 0.252. The van der Waals surface area contributed by atoms with Crippen LogP contribution in [0.15, 0.2) is 56.2 Å². The third-order valence-corrected chi connectivity index (χ3v) is 4.68. The van der Waals surface area contributed by atoms with E-state index in [1.165, 1.54) is 18.2 Å². The second-order valence-corrected chi connectivity index (χ2v) is 7.20. The number of fused-ring (bicyclic) bond motifs is 1. The summed E-state index contributed by atoms with van der Waals surface area (Å²) >= 11 is 0. The fourth-order valence-electron chi connectivity index (χ4n) is 2.81. The van der Waals surface area contributed by atoms with Crippen molar-refractivity contribution in [3.05, 3.63) is 72.9 Å². The number of hydrogen-bond acceptors (Lipinski definition) is 11. The van der Waals surface area contributed by atoms with Gasteiger partial charge in [-0.25, -0.2) is 19.2 Å². The first kappa shape index (κ1) is 26.5. The highest BCUT2D eigenvalue weighted by Crippen LogP contribution is 2.36. The van der Waals surface area contributed by atoms with Gasteiger partial charge in [0.25, 0.3) is 0 Å². The highest BCUT2D eigenvalue weighted by Gasteiger charge is 2.38. The standard InChI is InChI=1S/C23H24O11/c1-4-17(24)30-10-23(11-31-18(25)5-2,12-32-19(26)6-3)13-33-20(27)14-7-8-15-16(9-14)22(29)34-21(15)28/h4-9,21-22,28-29H,1-3,10-13H2. The summed E-state index contributed by atoms with van der Waals surface area (Å²) in [5.74, 6) is -3.30. The van der Waals surface area contributed by atoms with E-state index in [2.05, 4.69) is 19.7 Å². The number of aliphatic hydroxyl groups excluding tert-OH is 2. The Hall–Kier alpha value is -3.80. The average Bonchev–Trinajstić information content (AvgIpc) is 3.14. The third kappa shape index (κ3) is 6.85. The zero-order valence-corrected chi connectivity index (χ0v) is 18.1. The normalized spacial score (nSPS) is 16.5. The van der Waals surface area contributed by atoms with Crippen LogP contribution in [0.2, 0.25) is 0 Å². The summed E-state index contributed by atoms with van der Waals surface area (Å²) < 4.78 is 25.4. The third-order valence-electron chi connectivity index (χ3n) is 4.68. The van der Waals surface area contributed by atoms with Crippen LogP contribution in [0.5, 0.6) is 0 Å². The molecule has 0 amide bonds. The zero-order valence-electron chi connectivity index (χ0n) is 18.1. The van der Waals surface area contributed by atoms with Crippen molar-refractivity contribution >= 4 is 23.9 Å². The molecule has 0 saturated heterocycles. The lowest BCUT2D eigenvalue weighted by molar-refractivity contribution is -0.193. The Balaban J connectivity index is 2.24. The number of hydrogen-bond donors (Lipinski definition) is 2. The predicted octanol–water partition coefficient (Wildman–Crippen LogP) is 1.03. The predicted molar refractivity (Wildman–Crippen MR) is 114 cm³/mol. The first-order valence-electron chi connectivity index (χ1n) is 9.85. The number of benzene rings is 1. The monoisotopic (exact) mass is 476 g/mol. The molecular formula is C23H24O11. The van der Waals surface area contributed by atoms with Crippen molar-refractivity contribution < 1.29 is 53.1 Å². The van der Waals surface area contributed by atoms with Crippen molar-refractivity contribution in [3.8, 4) is 0 Å². The van der Waals surface area contributed by atoms with Crippen LogP contribution in [0.4, 0.5) is 0 Å². The maximum atomic E-state index is 12.7. The van der Waals surface area contributed by atoms with Gasteiger partial charge >= 0.3 is 23.9 Å². The summed E-state index contributed by atoms with van der Waals surface area (Å²) in [7, 11) is 0. The average molecular weight is 476 g/mol. The van der Waals surface area contributed by atoms with Crippen molar-refractivity contribution in [3.63, 3.8) is 0 Å². The van der Waals surface area contributed by atoms with Crippen LogP contribution in [0, 0.1) is 5.41 Å². The molecule has 2 atom stereocenters. The van der Waals surface area contributed by atoms with Gasteiger partial charge in [0.1, 0.15) is 31.8 Å². The molecule has 0 aromatic heterocycles. The molecule has 11 nitrogen and oxygen atoms in total. The Morgan fingerprint density at radius 3 is 1.71 bits per heavy atom. The van der Waals surface area contributed by atoms with E-state index in [1.54, 1.807) is 0 Å². The molecule has 0 bridgehead atoms. The molecule has 1 aliphatic heterocycles. The van der Waals surface area contributed by atoms with Crippen molar-refractivity contribution in [2.45, 2.75) is 12.6 Å². The Bertz CT molecular complexity index is 921. The van der Waals surface area contributed by atoms with Crippen LogP contribution in [-0.4, -0.2) is 60.5 Å². The fourth-order valence-corrected chi connectivity index (χ4v) is 2.81. The molecule has 0 saturated carbocycles. The largest absolute Gasteiger partial charge is 0.462 e. The summed E-state index contributed by atoms with van der Waals surface area (Å²) in [6, 6.07) is 4.03. The van der Waals surface area contributed by atoms with Crippen molar-refractivity contribution in [2.75, 3.05) is 26.4 Å². The first-order valence-corrected chi connectivity index (χ1v) is 9.85. The Labute approximate surface area is 194 Å². The minimum atomic E-state index is -1.48. The molecule has 0 spiro atoms. The van der Waals surface area contributed by atoms with Crippen molar-refractivity contribution in [2.24, 2.45) is 5.41 Å². The van der Waals surface area contributed by atoms with E-state index in [0.29, 0.717) is 5.56 Å². The van der Waals surface area contributed by atoms with E-state index in [4.69, 9.17) is 23.7 Å². The van der Waals surface area contributed by atoms with Crippen molar-refractivity contribution in [1.82, 2.24) is 0 Å². The highest BCUT2D eigenvalue weighted by atomic mass is 16.7. The van der Waals surface area contributed by atoms with E-state index in [0.717, 1.165) is 18.2 Å². The number of rotatable bonds is 12. The number of esters is 4. The van der Waals surface area contributed by atoms with Gasteiger partial charge in [0, 0.05) is 29.4 Å². The molecule has 1 heterocycles. The number of carbonyl (C=O) groups is 4. The SMILES string of the molecule is C=CC(=O)OCC(COC(=O)C=C)(COC(=O)C=C)COC(=O)c1ccc2c(c1)C(O)OC2O. The smallest absolute Gasteiger partial charge is 0.338 e. The molecule has 34 heavy (non-hydrogen) atoms. The Morgan fingerprint density at radius 2 is 1.24 bits per heavy atom. The first-order chi connectivity index (χ1) is 16.1. The van der Waals surface area contributed by atoms with E-state index < -0.39 is 68.3 Å². The van der Waals surface area contributed by atoms with E-state index in [9.17, 15) is 29.4 Å². The number of aliphatic hydroxyl groups is 2. The molecular weight excluding hydrogens is 452 g/mol. The highest BCUT2D eigenvalue weighted by molar-refractivity contribution is 5.90. The van der Waals surface area contributed by atoms with Gasteiger partial charge in [-0.15, -0.1) is 0 Å². The van der Waals surface area contributed by atoms with Gasteiger partial charge in [-0.3, -0.25) is 0 Å². The number of ether oxygens (including phenoxy) is 5. The summed E-state index contributed by atoms with van der Waals surface area (Å²) in [6.07, 6.45) is -0.0640. The van der Waals surface area contributed by atoms with Gasteiger partial charge in [0.15, 0.2) is 12.6 Å². The maximum Gasteiger partial charge on any atom is 0.338 e. The van der Waals surface area contributed by atoms with Crippen LogP contribution in [0.25, 0.3) is 0 Å². The fraction of sp³-hybridized carbons (Fsp3) is 0.304. The Morgan fingerprint density at radius 1 is 0.794 bits per heavy atom. The lowest BCUT2D eigenvalue weighted by Crippen LogP contribution is -2.43. The molecule has 11 heteroatoms. The summed E-state index contributed by atoms with van der Waals surface area (Å²) in [5.41, 5.74) is -0.990. The molecule has 1 aromatic rings. The maximum absolute atomic E-state index is 12.7. The van der Waals surface area contributed by atoms with Gasteiger partial charge in [-0.2, -0.15) is 0 Å². The lowest BCUT2D eigenvalue weighted by Gasteiger charge is -2.31.